The number of nitrogens with one attached hydrogen (secondary N) is 1. The number of nitrogens with two attached hydrogens (primary N) is 1. The van der Waals surface area contributed by atoms with Gasteiger partial charge in [-0.1, -0.05) is 12.2 Å². The molecule has 1 fully saturated rings. The number of rotatable bonds is 5. The van der Waals surface area contributed by atoms with Crippen LogP contribution >= 0.6 is 0 Å². The highest BCUT2D eigenvalue weighted by Gasteiger charge is 2.26. The van der Waals surface area contributed by atoms with Crippen molar-refractivity contribution in [1.82, 2.24) is 4.72 Å². The van der Waals surface area contributed by atoms with Crippen molar-refractivity contribution in [3.05, 3.63) is 12.2 Å². The summed E-state index contributed by atoms with van der Waals surface area (Å²) < 4.78 is 31.1. The Morgan fingerprint density at radius 1 is 1.33 bits per heavy atom. The summed E-state index contributed by atoms with van der Waals surface area (Å²) in [7, 11) is -3.19. The summed E-state index contributed by atoms with van der Waals surface area (Å²) in [4.78, 5) is 0. The quantitative estimate of drug-likeness (QED) is 0.634. The summed E-state index contributed by atoms with van der Waals surface area (Å²) in [5.74, 6) is 0. The zero-order valence-corrected chi connectivity index (χ0v) is 9.50. The molecular weight excluding hydrogens is 216 g/mol. The molecule has 15 heavy (non-hydrogen) atoms. The van der Waals surface area contributed by atoms with Gasteiger partial charge in [0.1, 0.15) is 0 Å². The van der Waals surface area contributed by atoms with Crippen molar-refractivity contribution in [1.29, 1.82) is 0 Å². The molecular formula is C9H18N2O3S. The van der Waals surface area contributed by atoms with E-state index in [4.69, 9.17) is 10.5 Å². The van der Waals surface area contributed by atoms with E-state index >= 15 is 0 Å². The van der Waals surface area contributed by atoms with Gasteiger partial charge in [0.2, 0.25) is 10.0 Å². The van der Waals surface area contributed by atoms with Gasteiger partial charge in [-0.2, -0.15) is 0 Å². The molecule has 0 atom stereocenters. The normalized spacial score (nSPS) is 19.8. The minimum atomic E-state index is -3.19. The average Bonchev–Trinajstić information content (AvgIpc) is 2.26. The van der Waals surface area contributed by atoms with Crippen molar-refractivity contribution in [2.24, 2.45) is 5.73 Å². The minimum absolute atomic E-state index is 0.308. The van der Waals surface area contributed by atoms with Crippen molar-refractivity contribution in [3.63, 3.8) is 0 Å². The number of hydrogen-bond acceptors (Lipinski definition) is 4. The predicted molar refractivity (Wildman–Crippen MR) is 59.0 cm³/mol. The third-order valence-corrected chi connectivity index (χ3v) is 4.23. The second-order valence-electron chi connectivity index (χ2n) is 3.41. The Morgan fingerprint density at radius 2 is 2.00 bits per heavy atom. The Morgan fingerprint density at radius 3 is 2.60 bits per heavy atom. The van der Waals surface area contributed by atoms with E-state index in [1.165, 1.54) is 0 Å². The molecule has 0 aliphatic carbocycles. The molecule has 3 N–H and O–H groups in total. The first-order valence-electron chi connectivity index (χ1n) is 5.08. The smallest absolute Gasteiger partial charge is 0.214 e. The SMILES string of the molecule is NC/C=C/CNS(=O)(=O)C1CCOCC1. The van der Waals surface area contributed by atoms with E-state index in [0.717, 1.165) is 0 Å². The highest BCUT2D eigenvalue weighted by Crippen LogP contribution is 2.14. The van der Waals surface area contributed by atoms with Crippen molar-refractivity contribution in [3.8, 4) is 0 Å². The van der Waals surface area contributed by atoms with Crippen molar-refractivity contribution in [2.75, 3.05) is 26.3 Å². The summed E-state index contributed by atoms with van der Waals surface area (Å²) in [5, 5.41) is -0.308. The van der Waals surface area contributed by atoms with Gasteiger partial charge < -0.3 is 10.5 Å². The Hall–Kier alpha value is -0.430. The van der Waals surface area contributed by atoms with Crippen molar-refractivity contribution >= 4 is 10.0 Å². The number of hydrogen-bond donors (Lipinski definition) is 2. The van der Waals surface area contributed by atoms with E-state index in [-0.39, 0.29) is 5.25 Å². The molecule has 0 aromatic heterocycles. The third kappa shape index (κ3) is 4.29. The van der Waals surface area contributed by atoms with Gasteiger partial charge >= 0.3 is 0 Å². The van der Waals surface area contributed by atoms with Crippen molar-refractivity contribution < 1.29 is 13.2 Å². The zero-order chi connectivity index (χ0) is 11.1. The summed E-state index contributed by atoms with van der Waals surface area (Å²) >= 11 is 0. The van der Waals surface area contributed by atoms with E-state index < -0.39 is 10.0 Å². The van der Waals surface area contributed by atoms with Gasteiger partial charge in [-0.05, 0) is 12.8 Å². The van der Waals surface area contributed by atoms with Gasteiger partial charge in [0.15, 0.2) is 0 Å². The summed E-state index contributed by atoms with van der Waals surface area (Å²) in [6.07, 6.45) is 4.61. The van der Waals surface area contributed by atoms with E-state index in [2.05, 4.69) is 4.72 Å². The van der Waals surface area contributed by atoms with E-state index in [1.807, 2.05) is 0 Å². The monoisotopic (exact) mass is 234 g/mol. The van der Waals surface area contributed by atoms with Crippen LogP contribution < -0.4 is 10.5 Å². The van der Waals surface area contributed by atoms with Crippen LogP contribution in [0.5, 0.6) is 0 Å². The molecule has 88 valence electrons. The molecule has 6 heteroatoms. The molecule has 1 saturated heterocycles. The summed E-state index contributed by atoms with van der Waals surface area (Å²) in [6.45, 7) is 1.81. The molecule has 5 nitrogen and oxygen atoms in total. The highest BCUT2D eigenvalue weighted by atomic mass is 32.2. The lowest BCUT2D eigenvalue weighted by atomic mass is 10.2. The lowest BCUT2D eigenvalue weighted by Crippen LogP contribution is -2.38. The van der Waals surface area contributed by atoms with Crippen LogP contribution in [-0.4, -0.2) is 40.0 Å². The van der Waals surface area contributed by atoms with Gasteiger partial charge in [-0.3, -0.25) is 0 Å². The van der Waals surface area contributed by atoms with Gasteiger partial charge in [-0.25, -0.2) is 13.1 Å². The summed E-state index contributed by atoms with van der Waals surface area (Å²) in [6, 6.07) is 0. The lowest BCUT2D eigenvalue weighted by Gasteiger charge is -2.21. The van der Waals surface area contributed by atoms with Gasteiger partial charge in [0.05, 0.1) is 5.25 Å². The molecule has 0 spiro atoms. The molecule has 0 aromatic carbocycles. The molecule has 1 aliphatic rings. The molecule has 0 radical (unpaired) electrons. The average molecular weight is 234 g/mol. The van der Waals surface area contributed by atoms with Crippen LogP contribution in [0.15, 0.2) is 12.2 Å². The van der Waals surface area contributed by atoms with E-state index in [1.54, 1.807) is 12.2 Å². The molecule has 0 aromatic rings. The van der Waals surface area contributed by atoms with Crippen LogP contribution in [0.1, 0.15) is 12.8 Å². The first-order chi connectivity index (χ1) is 7.17. The molecule has 0 saturated carbocycles. The maximum absolute atomic E-state index is 11.7. The largest absolute Gasteiger partial charge is 0.381 e. The van der Waals surface area contributed by atoms with Gasteiger partial charge in [0, 0.05) is 26.3 Å². The molecule has 1 aliphatic heterocycles. The molecule has 1 rings (SSSR count). The predicted octanol–water partition coefficient (Wildman–Crippen LogP) is -0.400. The van der Waals surface area contributed by atoms with Crippen molar-refractivity contribution in [2.45, 2.75) is 18.1 Å². The van der Waals surface area contributed by atoms with Crippen LogP contribution in [0, 0.1) is 0 Å². The fourth-order valence-electron chi connectivity index (χ4n) is 1.45. The van der Waals surface area contributed by atoms with Crippen LogP contribution in [0.2, 0.25) is 0 Å². The molecule has 0 bridgehead atoms. The van der Waals surface area contributed by atoms with Crippen LogP contribution in [0.25, 0.3) is 0 Å². The fraction of sp³-hybridized carbons (Fsp3) is 0.778. The molecule has 0 unspecified atom stereocenters. The molecule has 1 heterocycles. The fourth-order valence-corrected chi connectivity index (χ4v) is 2.83. The Kier molecular flexibility index (Phi) is 5.24. The number of sulfonamides is 1. The maximum Gasteiger partial charge on any atom is 0.214 e. The van der Waals surface area contributed by atoms with E-state index in [9.17, 15) is 8.42 Å². The van der Waals surface area contributed by atoms with Gasteiger partial charge in [-0.15, -0.1) is 0 Å². The highest BCUT2D eigenvalue weighted by molar-refractivity contribution is 7.90. The first-order valence-corrected chi connectivity index (χ1v) is 6.62. The minimum Gasteiger partial charge on any atom is -0.381 e. The summed E-state index contributed by atoms with van der Waals surface area (Å²) in [5.41, 5.74) is 5.24. The first kappa shape index (κ1) is 12.6. The second-order valence-corrected chi connectivity index (χ2v) is 5.46. The Bertz CT molecular complexity index is 294. The van der Waals surface area contributed by atoms with Crippen LogP contribution in [0.3, 0.4) is 0 Å². The Labute approximate surface area is 90.7 Å². The second kappa shape index (κ2) is 6.22. The molecule has 0 amide bonds. The number of ether oxygens (including phenoxy) is 1. The van der Waals surface area contributed by atoms with Crippen LogP contribution in [0.4, 0.5) is 0 Å². The lowest BCUT2D eigenvalue weighted by molar-refractivity contribution is 0.0982. The Balaban J connectivity index is 2.40. The van der Waals surface area contributed by atoms with E-state index in [0.29, 0.717) is 39.1 Å². The van der Waals surface area contributed by atoms with Crippen LogP contribution in [-0.2, 0) is 14.8 Å². The topological polar surface area (TPSA) is 81.4 Å². The zero-order valence-electron chi connectivity index (χ0n) is 8.69. The third-order valence-electron chi connectivity index (χ3n) is 2.31. The standard InChI is InChI=1S/C9H18N2O3S/c10-5-1-2-6-11-15(12,13)9-3-7-14-8-4-9/h1-2,9,11H,3-8,10H2/b2-1+. The maximum atomic E-state index is 11.7. The van der Waals surface area contributed by atoms with Gasteiger partial charge in [0.25, 0.3) is 0 Å².